The number of nitrogens with one attached hydrogen (secondary N) is 1. The van der Waals surface area contributed by atoms with Gasteiger partial charge in [-0.2, -0.15) is 0 Å². The van der Waals surface area contributed by atoms with E-state index in [-0.39, 0.29) is 24.2 Å². The average Bonchev–Trinajstić information content (AvgIpc) is 3.93. The molecule has 1 aliphatic heterocycles. The number of thiazole rings is 1. The molecule has 2 aromatic heterocycles. The number of aromatic nitrogens is 4. The number of carbonyl (C=O) groups excluding carboxylic acids is 2. The second-order valence-corrected chi connectivity index (χ2v) is 16.2. The molecule has 264 valence electrons. The van der Waals surface area contributed by atoms with E-state index >= 15 is 0 Å². The molecule has 52 heavy (non-hydrogen) atoms. The number of amides is 2. The molecule has 0 unspecified atom stereocenters. The van der Waals surface area contributed by atoms with E-state index in [1.165, 1.54) is 78.1 Å². The Morgan fingerprint density at radius 2 is 1.67 bits per heavy atom. The first-order valence-corrected chi connectivity index (χ1v) is 20.4. The third-order valence-corrected chi connectivity index (χ3v) is 12.6. The van der Waals surface area contributed by atoms with Crippen molar-refractivity contribution in [3.05, 3.63) is 114 Å². The lowest BCUT2D eigenvalue weighted by Gasteiger charge is -2.22. The van der Waals surface area contributed by atoms with Gasteiger partial charge < -0.3 is 15.0 Å². The Balaban J connectivity index is 0.878. The Morgan fingerprint density at radius 1 is 0.865 bits per heavy atom. The van der Waals surface area contributed by atoms with Crippen LogP contribution in [0, 0.1) is 0 Å². The van der Waals surface area contributed by atoms with Crippen LogP contribution in [-0.4, -0.2) is 49.6 Å². The van der Waals surface area contributed by atoms with Crippen molar-refractivity contribution in [1.29, 1.82) is 0 Å². The highest BCUT2D eigenvalue weighted by molar-refractivity contribution is 8.01. The van der Waals surface area contributed by atoms with Gasteiger partial charge in [-0.1, -0.05) is 91.3 Å². The zero-order valence-corrected chi connectivity index (χ0v) is 31.0. The number of hydrogen-bond donors (Lipinski definition) is 1. The van der Waals surface area contributed by atoms with Gasteiger partial charge in [-0.3, -0.25) is 14.2 Å². The number of anilines is 2. The van der Waals surface area contributed by atoms with Gasteiger partial charge in [-0.15, -0.1) is 21.5 Å². The summed E-state index contributed by atoms with van der Waals surface area (Å²) in [7, 11) is 0. The van der Waals surface area contributed by atoms with E-state index in [9.17, 15) is 9.59 Å². The Kier molecular flexibility index (Phi) is 10.6. The number of benzene rings is 4. The molecule has 1 saturated carbocycles. The number of carbonyl (C=O) groups is 2. The number of rotatable bonds is 12. The number of ether oxygens (including phenoxy) is 1. The first-order chi connectivity index (χ1) is 25.6. The number of fused-ring (bicyclic) bond motifs is 2. The van der Waals surface area contributed by atoms with E-state index in [1.807, 2.05) is 88.3 Å². The highest BCUT2D eigenvalue weighted by Gasteiger charge is 2.24. The molecule has 1 aliphatic carbocycles. The molecule has 0 bridgehead atoms. The highest BCUT2D eigenvalue weighted by atomic mass is 32.2. The molecule has 3 heterocycles. The molecule has 2 aliphatic rings. The van der Waals surface area contributed by atoms with Crippen LogP contribution >= 0.6 is 34.9 Å². The summed E-state index contributed by atoms with van der Waals surface area (Å²) in [6.07, 6.45) is 7.38. The smallest absolute Gasteiger partial charge is 0.237 e. The first kappa shape index (κ1) is 34.4. The van der Waals surface area contributed by atoms with Crippen molar-refractivity contribution in [3.63, 3.8) is 0 Å². The molecule has 9 nitrogen and oxygen atoms in total. The molecule has 1 fully saturated rings. The Labute approximate surface area is 315 Å². The minimum Gasteiger partial charge on any atom is -0.486 e. The minimum absolute atomic E-state index is 0.0850. The van der Waals surface area contributed by atoms with Gasteiger partial charge in [-0.05, 0) is 84.8 Å². The first-order valence-electron chi connectivity index (χ1n) is 17.6. The summed E-state index contributed by atoms with van der Waals surface area (Å²) in [6.45, 7) is 0.961. The molecule has 12 heteroatoms. The molecule has 8 rings (SSSR count). The van der Waals surface area contributed by atoms with E-state index < -0.39 is 0 Å². The number of para-hydroxylation sites is 2. The Morgan fingerprint density at radius 3 is 2.52 bits per heavy atom. The number of nitrogens with zero attached hydrogens (tertiary/aromatic N) is 5. The normalized spacial score (nSPS) is 14.4. The summed E-state index contributed by atoms with van der Waals surface area (Å²) < 4.78 is 9.90. The minimum atomic E-state index is -0.154. The highest BCUT2D eigenvalue weighted by Crippen LogP contribution is 2.35. The van der Waals surface area contributed by atoms with Gasteiger partial charge in [0.2, 0.25) is 11.8 Å². The second-order valence-electron chi connectivity index (χ2n) is 13.0. The summed E-state index contributed by atoms with van der Waals surface area (Å²) in [4.78, 5) is 32.7. The molecule has 6 aromatic rings. The van der Waals surface area contributed by atoms with Gasteiger partial charge in [0.25, 0.3) is 0 Å². The van der Waals surface area contributed by atoms with Gasteiger partial charge in [-0.25, -0.2) is 4.98 Å². The maximum Gasteiger partial charge on any atom is 0.237 e. The quantitative estimate of drug-likeness (QED) is 0.124. The van der Waals surface area contributed by atoms with E-state index in [0.717, 1.165) is 44.6 Å². The predicted molar refractivity (Wildman–Crippen MR) is 210 cm³/mol. The van der Waals surface area contributed by atoms with Gasteiger partial charge in [0.1, 0.15) is 12.4 Å². The summed E-state index contributed by atoms with van der Waals surface area (Å²) >= 11 is 4.30. The molecule has 1 N–H and O–H groups in total. The Hall–Kier alpha value is -4.65. The summed E-state index contributed by atoms with van der Waals surface area (Å²) in [5, 5.41) is 12.5. The largest absolute Gasteiger partial charge is 0.486 e. The summed E-state index contributed by atoms with van der Waals surface area (Å²) in [6, 6.07) is 32.1. The van der Waals surface area contributed by atoms with Crippen LogP contribution in [0.5, 0.6) is 5.75 Å². The molecule has 0 spiro atoms. The topological polar surface area (TPSA) is 102 Å². The van der Waals surface area contributed by atoms with Crippen LogP contribution in [0.4, 0.5) is 11.4 Å². The zero-order valence-electron chi connectivity index (χ0n) is 28.6. The van der Waals surface area contributed by atoms with E-state index in [2.05, 4.69) is 33.7 Å². The SMILES string of the molecule is O=C(CSc1nnc(COc2ccc(C3CCCCC3)cc2)n1-c1ccccc1)Nc1ccc2nc(SCC(=O)N3CCc4ccccc43)sc2c1. The van der Waals surface area contributed by atoms with Crippen molar-refractivity contribution in [2.45, 2.75) is 60.5 Å². The summed E-state index contributed by atoms with van der Waals surface area (Å²) in [5.41, 5.74) is 6.04. The lowest BCUT2D eigenvalue weighted by molar-refractivity contribution is -0.116. The van der Waals surface area contributed by atoms with Crippen molar-refractivity contribution in [2.75, 3.05) is 28.3 Å². The average molecular weight is 747 g/mol. The fourth-order valence-electron chi connectivity index (χ4n) is 6.91. The third-order valence-electron chi connectivity index (χ3n) is 9.53. The van der Waals surface area contributed by atoms with Crippen LogP contribution in [0.15, 0.2) is 107 Å². The maximum atomic E-state index is 13.2. The molecule has 0 radical (unpaired) electrons. The van der Waals surface area contributed by atoms with Crippen LogP contribution in [0.2, 0.25) is 0 Å². The number of hydrogen-bond acceptors (Lipinski definition) is 9. The molecule has 4 aromatic carbocycles. The van der Waals surface area contributed by atoms with Crippen molar-refractivity contribution in [1.82, 2.24) is 19.7 Å². The van der Waals surface area contributed by atoms with Crippen molar-refractivity contribution in [3.8, 4) is 11.4 Å². The molecule has 2 amide bonds. The standard InChI is InChI=1S/C40H38N6O3S3/c47-37(41-30-17-20-33-35(23-30)52-40(42-33)51-26-38(48)45-22-21-29-11-7-8-14-34(29)45)25-50-39-44-43-36(46(39)31-12-5-2-6-13-31)24-49-32-18-15-28(16-19-32)27-9-3-1-4-10-27/h2,5-8,11-20,23,27H,1,3-4,9-10,21-22,24-26H2,(H,41,47). The van der Waals surface area contributed by atoms with E-state index in [4.69, 9.17) is 9.72 Å². The van der Waals surface area contributed by atoms with Crippen LogP contribution in [-0.2, 0) is 22.6 Å². The van der Waals surface area contributed by atoms with Crippen molar-refractivity contribution in [2.24, 2.45) is 0 Å². The van der Waals surface area contributed by atoms with Gasteiger partial charge in [0.15, 0.2) is 15.3 Å². The zero-order chi connectivity index (χ0) is 35.3. The van der Waals surface area contributed by atoms with Gasteiger partial charge in [0.05, 0.1) is 21.7 Å². The van der Waals surface area contributed by atoms with Crippen LogP contribution in [0.3, 0.4) is 0 Å². The fraction of sp³-hybridized carbons (Fsp3) is 0.275. The van der Waals surface area contributed by atoms with Crippen molar-refractivity contribution < 1.29 is 14.3 Å². The lowest BCUT2D eigenvalue weighted by atomic mass is 9.84. The van der Waals surface area contributed by atoms with Crippen molar-refractivity contribution >= 4 is 68.3 Å². The van der Waals surface area contributed by atoms with E-state index in [1.54, 1.807) is 0 Å². The molecular weight excluding hydrogens is 709 g/mol. The molecule has 0 atom stereocenters. The maximum absolute atomic E-state index is 13.2. The molecular formula is C40H38N6O3S3. The monoisotopic (exact) mass is 746 g/mol. The van der Waals surface area contributed by atoms with Crippen LogP contribution in [0.1, 0.15) is 55.0 Å². The van der Waals surface area contributed by atoms with Gasteiger partial charge in [0, 0.05) is 23.6 Å². The Bertz CT molecular complexity index is 2180. The lowest BCUT2D eigenvalue weighted by Crippen LogP contribution is -2.30. The number of thioether (sulfide) groups is 2. The predicted octanol–water partition coefficient (Wildman–Crippen LogP) is 8.92. The fourth-order valence-corrected chi connectivity index (χ4v) is 9.67. The van der Waals surface area contributed by atoms with Crippen LogP contribution in [0.25, 0.3) is 15.9 Å². The van der Waals surface area contributed by atoms with Gasteiger partial charge >= 0.3 is 0 Å². The summed E-state index contributed by atoms with van der Waals surface area (Å²) in [5.74, 6) is 2.50. The third kappa shape index (κ3) is 7.89. The van der Waals surface area contributed by atoms with Crippen LogP contribution < -0.4 is 15.0 Å². The second kappa shape index (κ2) is 15.9. The van der Waals surface area contributed by atoms with E-state index in [0.29, 0.717) is 28.3 Å². The molecule has 0 saturated heterocycles.